The fourth-order valence-corrected chi connectivity index (χ4v) is 6.18. The van der Waals surface area contributed by atoms with Crippen LogP contribution in [0.5, 0.6) is 0 Å². The van der Waals surface area contributed by atoms with Gasteiger partial charge >= 0.3 is 0 Å². The topological polar surface area (TPSA) is 130 Å². The van der Waals surface area contributed by atoms with E-state index in [1.165, 1.54) is 0 Å². The van der Waals surface area contributed by atoms with Gasteiger partial charge in [0.05, 0.1) is 42.7 Å². The average Bonchev–Trinajstić information content (AvgIpc) is 3.44. The predicted octanol–water partition coefficient (Wildman–Crippen LogP) is 2.52. The number of hydrogen-bond acceptors (Lipinski definition) is 7. The Kier molecular flexibility index (Phi) is 15.8. The fourth-order valence-electron chi connectivity index (χ4n) is 6.18. The molecule has 8 atom stereocenters. The van der Waals surface area contributed by atoms with Crippen LogP contribution in [-0.2, 0) is 28.7 Å². The molecule has 0 spiro atoms. The van der Waals surface area contributed by atoms with Gasteiger partial charge in [0.15, 0.2) is 0 Å². The fraction of sp³-hybridized carbons (Fsp3) is 0.839. The smallest absolute Gasteiger partial charge is 0.250 e. The molecule has 1 rings (SSSR count). The summed E-state index contributed by atoms with van der Waals surface area (Å²) in [6.45, 7) is 17.4. The van der Waals surface area contributed by atoms with Crippen LogP contribution in [0.2, 0.25) is 0 Å². The summed E-state index contributed by atoms with van der Waals surface area (Å²) in [5.74, 6) is -1.56. The van der Waals surface area contributed by atoms with E-state index in [0.29, 0.717) is 13.0 Å². The predicted molar refractivity (Wildman–Crippen MR) is 165 cm³/mol. The lowest BCUT2D eigenvalue weighted by Crippen LogP contribution is -2.59. The van der Waals surface area contributed by atoms with Crippen molar-refractivity contribution < 1.29 is 28.7 Å². The molecule has 4 amide bonds. The van der Waals surface area contributed by atoms with Crippen molar-refractivity contribution in [1.29, 1.82) is 0 Å². The molecule has 1 saturated heterocycles. The number of rotatable bonds is 17. The molecule has 0 aromatic carbocycles. The van der Waals surface area contributed by atoms with E-state index in [1.54, 1.807) is 45.0 Å². The summed E-state index contributed by atoms with van der Waals surface area (Å²) >= 11 is 0. The largest absolute Gasteiger partial charge is 0.379 e. The number of likely N-dealkylation sites (tertiary alicyclic amines) is 1. The number of nitrogens with one attached hydrogen (secondary N) is 2. The number of likely N-dealkylation sites (N-methyl/N-ethyl adjacent to an activating group) is 2. The summed E-state index contributed by atoms with van der Waals surface area (Å²) < 4.78 is 11.6. The zero-order valence-corrected chi connectivity index (χ0v) is 27.8. The van der Waals surface area contributed by atoms with E-state index in [0.717, 1.165) is 12.8 Å². The quantitative estimate of drug-likeness (QED) is 0.247. The maximum absolute atomic E-state index is 14.0. The van der Waals surface area contributed by atoms with Gasteiger partial charge in [-0.25, -0.2) is 4.99 Å². The first-order valence-electron chi connectivity index (χ1n) is 15.3. The Hall–Kier alpha value is -2.37. The highest BCUT2D eigenvalue weighted by atomic mass is 16.5. The molecule has 2 N–H and O–H groups in total. The van der Waals surface area contributed by atoms with E-state index < -0.39 is 36.3 Å². The molecule has 1 fully saturated rings. The third kappa shape index (κ3) is 9.31. The molecule has 242 valence electrons. The number of nitrogens with zero attached hydrogens (tertiary/aromatic N) is 3. The summed E-state index contributed by atoms with van der Waals surface area (Å²) in [5, 5.41) is 6.01. The van der Waals surface area contributed by atoms with Gasteiger partial charge in [0.1, 0.15) is 6.04 Å². The Morgan fingerprint density at radius 2 is 1.62 bits per heavy atom. The minimum Gasteiger partial charge on any atom is -0.379 e. The summed E-state index contributed by atoms with van der Waals surface area (Å²) in [6, 6.07) is -1.85. The van der Waals surface area contributed by atoms with Crippen LogP contribution in [0, 0.1) is 23.7 Å². The van der Waals surface area contributed by atoms with Crippen molar-refractivity contribution in [2.24, 2.45) is 28.7 Å². The second-order valence-electron chi connectivity index (χ2n) is 12.3. The SMILES string of the molecule is C=NC(=O)[C@H](C)[C@@H](OC)[C@@H]1CCCN1C(=O)C[C@@H](OC)[C@H]([C@@H](C)CC)N(C)C(=O)[C@@H](NC(=O)[C@@H](NC)C(C)C)C(C)C. The Balaban J connectivity index is 3.25. The Morgan fingerprint density at radius 3 is 2.07 bits per heavy atom. The Morgan fingerprint density at radius 1 is 1.02 bits per heavy atom. The number of aliphatic imine (C=N–C) groups is 1. The zero-order chi connectivity index (χ0) is 32.3. The average molecular weight is 596 g/mol. The van der Waals surface area contributed by atoms with Gasteiger partial charge in [-0.2, -0.15) is 0 Å². The molecular weight excluding hydrogens is 538 g/mol. The molecule has 11 nitrogen and oxygen atoms in total. The van der Waals surface area contributed by atoms with Crippen molar-refractivity contribution in [3.05, 3.63) is 0 Å². The molecule has 0 radical (unpaired) electrons. The molecule has 1 aliphatic rings. The van der Waals surface area contributed by atoms with E-state index in [2.05, 4.69) is 22.3 Å². The van der Waals surface area contributed by atoms with Crippen molar-refractivity contribution in [1.82, 2.24) is 20.4 Å². The van der Waals surface area contributed by atoms with E-state index in [4.69, 9.17) is 9.47 Å². The van der Waals surface area contributed by atoms with Crippen LogP contribution in [0.15, 0.2) is 4.99 Å². The van der Waals surface area contributed by atoms with Gasteiger partial charge in [-0.1, -0.05) is 54.9 Å². The minimum absolute atomic E-state index is 0.0124. The van der Waals surface area contributed by atoms with Gasteiger partial charge in [0.2, 0.25) is 17.7 Å². The van der Waals surface area contributed by atoms with E-state index >= 15 is 0 Å². The van der Waals surface area contributed by atoms with E-state index in [9.17, 15) is 19.2 Å². The normalized spacial score (nSPS) is 20.4. The summed E-state index contributed by atoms with van der Waals surface area (Å²) in [5.41, 5.74) is 0. The minimum atomic E-state index is -0.736. The highest BCUT2D eigenvalue weighted by Gasteiger charge is 2.42. The van der Waals surface area contributed by atoms with Crippen LogP contribution < -0.4 is 10.6 Å². The van der Waals surface area contributed by atoms with Gasteiger partial charge in [-0.3, -0.25) is 19.2 Å². The van der Waals surface area contributed by atoms with Crippen LogP contribution in [0.25, 0.3) is 0 Å². The molecular formula is C31H57N5O6. The first-order chi connectivity index (χ1) is 19.7. The molecule has 0 aromatic heterocycles. The van der Waals surface area contributed by atoms with Crippen molar-refractivity contribution in [2.45, 2.75) is 111 Å². The van der Waals surface area contributed by atoms with Crippen LogP contribution in [-0.4, -0.2) is 111 Å². The van der Waals surface area contributed by atoms with Crippen molar-refractivity contribution in [3.63, 3.8) is 0 Å². The van der Waals surface area contributed by atoms with Crippen LogP contribution in [0.4, 0.5) is 0 Å². The number of methoxy groups -OCH3 is 2. The number of carbonyl (C=O) groups is 4. The Labute approximate surface area is 253 Å². The monoisotopic (exact) mass is 595 g/mol. The molecule has 0 bridgehead atoms. The molecule has 0 unspecified atom stereocenters. The van der Waals surface area contributed by atoms with Gasteiger partial charge in [-0.05, 0) is 44.4 Å². The number of carbonyl (C=O) groups excluding carboxylic acids is 4. The maximum Gasteiger partial charge on any atom is 0.250 e. The van der Waals surface area contributed by atoms with Crippen LogP contribution >= 0.6 is 0 Å². The summed E-state index contributed by atoms with van der Waals surface area (Å²) in [4.78, 5) is 60.0. The summed E-state index contributed by atoms with van der Waals surface area (Å²) in [7, 11) is 6.56. The van der Waals surface area contributed by atoms with Crippen molar-refractivity contribution in [2.75, 3.05) is 34.9 Å². The third-order valence-electron chi connectivity index (χ3n) is 8.88. The standard InChI is InChI=1S/C31H57N5O6/c1-13-20(6)27(35(10)31(40)26(19(4)5)34-30(39)25(32-8)18(2)3)23(41-11)17-24(37)36-16-14-15-22(36)28(42-12)21(7)29(38)33-9/h18-23,25-28,32H,9,13-17H2,1-8,10-12H3,(H,34,39)/t20-,21+,22-,23+,25-,26-,27-,28+/m0/s1. The number of amides is 4. The first kappa shape index (κ1) is 37.7. The molecule has 0 saturated carbocycles. The van der Waals surface area contributed by atoms with Gasteiger partial charge in [0, 0.05) is 27.8 Å². The first-order valence-corrected chi connectivity index (χ1v) is 15.3. The maximum atomic E-state index is 14.0. The van der Waals surface area contributed by atoms with Crippen molar-refractivity contribution >= 4 is 30.3 Å². The lowest BCUT2D eigenvalue weighted by atomic mass is 9.89. The molecule has 0 aromatic rings. The highest BCUT2D eigenvalue weighted by Crippen LogP contribution is 2.29. The lowest BCUT2D eigenvalue weighted by Gasteiger charge is -2.41. The molecule has 42 heavy (non-hydrogen) atoms. The van der Waals surface area contributed by atoms with Gasteiger partial charge < -0.3 is 29.9 Å². The highest BCUT2D eigenvalue weighted by molar-refractivity contribution is 5.90. The van der Waals surface area contributed by atoms with Crippen LogP contribution in [0.3, 0.4) is 0 Å². The molecule has 0 aliphatic carbocycles. The second kappa shape index (κ2) is 17.7. The zero-order valence-electron chi connectivity index (χ0n) is 27.8. The number of ether oxygens (including phenoxy) is 2. The number of hydrogen-bond donors (Lipinski definition) is 2. The van der Waals surface area contributed by atoms with Crippen LogP contribution in [0.1, 0.15) is 74.1 Å². The third-order valence-corrected chi connectivity index (χ3v) is 8.88. The lowest BCUT2D eigenvalue weighted by molar-refractivity contribution is -0.147. The van der Waals surface area contributed by atoms with Crippen molar-refractivity contribution in [3.8, 4) is 0 Å². The Bertz CT molecular complexity index is 912. The van der Waals surface area contributed by atoms with E-state index in [1.807, 2.05) is 41.5 Å². The molecule has 11 heteroatoms. The van der Waals surface area contributed by atoms with Gasteiger partial charge in [-0.15, -0.1) is 0 Å². The summed E-state index contributed by atoms with van der Waals surface area (Å²) in [6.07, 6.45) is 1.24. The van der Waals surface area contributed by atoms with E-state index in [-0.39, 0.29) is 53.8 Å². The second-order valence-corrected chi connectivity index (χ2v) is 12.3. The molecule has 1 heterocycles. The molecule has 1 aliphatic heterocycles. The van der Waals surface area contributed by atoms with Gasteiger partial charge in [0.25, 0.3) is 5.91 Å².